The van der Waals surface area contributed by atoms with Gasteiger partial charge in [-0.2, -0.15) is 0 Å². The molecule has 0 saturated heterocycles. The van der Waals surface area contributed by atoms with Crippen LogP contribution in [0.3, 0.4) is 0 Å². The molecule has 0 amide bonds. The third-order valence-electron chi connectivity index (χ3n) is 4.51. The van der Waals surface area contributed by atoms with Crippen molar-refractivity contribution in [1.82, 2.24) is 0 Å². The zero-order valence-corrected chi connectivity index (χ0v) is 13.9. The maximum Gasteiger partial charge on any atom is 0.0770 e. The quantitative estimate of drug-likeness (QED) is 0.500. The van der Waals surface area contributed by atoms with Gasteiger partial charge in [0.2, 0.25) is 0 Å². The van der Waals surface area contributed by atoms with Gasteiger partial charge in [0.15, 0.2) is 0 Å². The van der Waals surface area contributed by atoms with Gasteiger partial charge in [0.1, 0.15) is 0 Å². The van der Waals surface area contributed by atoms with Crippen LogP contribution in [0, 0.1) is 5.41 Å². The fourth-order valence-corrected chi connectivity index (χ4v) is 3.04. The summed E-state index contributed by atoms with van der Waals surface area (Å²) in [4.78, 5) is 4.97. The molecule has 21 heavy (non-hydrogen) atoms. The van der Waals surface area contributed by atoms with Gasteiger partial charge in [-0.25, -0.2) is 0 Å². The molecule has 0 aromatic carbocycles. The first-order valence-electron chi connectivity index (χ1n) is 8.30. The van der Waals surface area contributed by atoms with Crippen LogP contribution in [0.4, 0.5) is 0 Å². The van der Waals surface area contributed by atoms with Gasteiger partial charge in [-0.05, 0) is 56.4 Å². The van der Waals surface area contributed by atoms with E-state index in [0.717, 1.165) is 24.1 Å². The zero-order chi connectivity index (χ0) is 15.5. The summed E-state index contributed by atoms with van der Waals surface area (Å²) in [6.45, 7) is 8.75. The average Bonchev–Trinajstić information content (AvgIpc) is 2.45. The zero-order valence-electron chi connectivity index (χ0n) is 13.9. The van der Waals surface area contributed by atoms with Crippen molar-refractivity contribution >= 4 is 11.4 Å². The fourth-order valence-electron chi connectivity index (χ4n) is 3.04. The molecular weight excluding hydrogens is 256 g/mol. The number of hydrogen-bond acceptors (Lipinski definition) is 2. The Hall–Kier alpha value is -1.44. The summed E-state index contributed by atoms with van der Waals surface area (Å²) in [5.74, 6) is 0. The Balaban J connectivity index is 2.27. The predicted octanol–water partition coefficient (Wildman–Crippen LogP) is 5.41. The van der Waals surface area contributed by atoms with Crippen LogP contribution < -0.4 is 0 Å². The van der Waals surface area contributed by atoms with Crippen molar-refractivity contribution in [3.05, 3.63) is 34.9 Å². The number of nitrogens with zero attached hydrogens (tertiary/aromatic N) is 1. The fraction of sp³-hybridized carbons (Fsp3) is 0.579. The molecule has 2 nitrogen and oxygen atoms in total. The molecular formula is C19H28N2. The second kappa shape index (κ2) is 6.55. The highest BCUT2D eigenvalue weighted by atomic mass is 14.9. The number of fused-ring (bicyclic) bond motifs is 1. The highest BCUT2D eigenvalue weighted by molar-refractivity contribution is 6.25. The van der Waals surface area contributed by atoms with Crippen molar-refractivity contribution in [2.24, 2.45) is 4.99 Å². The van der Waals surface area contributed by atoms with E-state index in [1.54, 1.807) is 0 Å². The minimum Gasteiger partial charge on any atom is -0.301 e. The second-order valence-corrected chi connectivity index (χ2v) is 6.49. The lowest BCUT2D eigenvalue weighted by atomic mass is 9.81. The van der Waals surface area contributed by atoms with Crippen molar-refractivity contribution in [3.8, 4) is 0 Å². The van der Waals surface area contributed by atoms with Crippen LogP contribution in [-0.4, -0.2) is 17.0 Å². The largest absolute Gasteiger partial charge is 0.301 e. The van der Waals surface area contributed by atoms with E-state index in [1.165, 1.54) is 36.8 Å². The number of hydrogen-bond donors (Lipinski definition) is 1. The van der Waals surface area contributed by atoms with Crippen LogP contribution in [0.2, 0.25) is 0 Å². The van der Waals surface area contributed by atoms with E-state index in [2.05, 4.69) is 33.8 Å². The summed E-state index contributed by atoms with van der Waals surface area (Å²) < 4.78 is 0. The van der Waals surface area contributed by atoms with Gasteiger partial charge < -0.3 is 5.41 Å². The number of dihydropyridines is 1. The summed E-state index contributed by atoms with van der Waals surface area (Å²) in [6, 6.07) is 0. The number of rotatable bonds is 6. The van der Waals surface area contributed by atoms with E-state index >= 15 is 0 Å². The first-order chi connectivity index (χ1) is 9.99. The Morgan fingerprint density at radius 1 is 1.14 bits per heavy atom. The maximum absolute atomic E-state index is 7.98. The third-order valence-corrected chi connectivity index (χ3v) is 4.51. The van der Waals surface area contributed by atoms with Gasteiger partial charge in [-0.15, -0.1) is 0 Å². The average molecular weight is 284 g/mol. The Bertz CT molecular complexity index is 546. The monoisotopic (exact) mass is 284 g/mol. The van der Waals surface area contributed by atoms with Crippen molar-refractivity contribution in [1.29, 1.82) is 5.41 Å². The first-order valence-corrected chi connectivity index (χ1v) is 8.30. The lowest BCUT2D eigenvalue weighted by Crippen LogP contribution is -2.29. The topological polar surface area (TPSA) is 36.2 Å². The molecule has 1 heterocycles. The summed E-state index contributed by atoms with van der Waals surface area (Å²) in [5, 5.41) is 7.98. The molecule has 1 aliphatic heterocycles. The molecule has 2 aliphatic rings. The van der Waals surface area contributed by atoms with Gasteiger partial charge in [0, 0.05) is 5.57 Å². The normalized spacial score (nSPS) is 24.9. The van der Waals surface area contributed by atoms with E-state index in [4.69, 9.17) is 10.4 Å². The van der Waals surface area contributed by atoms with Crippen LogP contribution in [0.5, 0.6) is 0 Å². The van der Waals surface area contributed by atoms with Crippen molar-refractivity contribution in [2.75, 3.05) is 0 Å². The standard InChI is InChI=1S/C19H28N2/c1-5-7-8-9-10-15-13-19(4,6-2)21-18-14(3)11-16(20)12-17(15)18/h11-13,20H,5-10H2,1-4H3. The molecule has 1 atom stereocenters. The number of allylic oxidation sites excluding steroid dienone is 5. The van der Waals surface area contributed by atoms with E-state index in [-0.39, 0.29) is 5.54 Å². The number of aliphatic imine (C=N–C) groups is 1. The maximum atomic E-state index is 7.98. The summed E-state index contributed by atoms with van der Waals surface area (Å²) >= 11 is 0. The molecule has 0 radical (unpaired) electrons. The highest BCUT2D eigenvalue weighted by Gasteiger charge is 2.29. The summed E-state index contributed by atoms with van der Waals surface area (Å²) in [7, 11) is 0. The molecule has 0 aromatic heterocycles. The van der Waals surface area contributed by atoms with Crippen LogP contribution in [0.25, 0.3) is 0 Å². The summed E-state index contributed by atoms with van der Waals surface area (Å²) in [5.41, 5.74) is 5.36. The molecule has 0 fully saturated rings. The van der Waals surface area contributed by atoms with E-state index in [0.29, 0.717) is 5.71 Å². The highest BCUT2D eigenvalue weighted by Crippen LogP contribution is 2.35. The van der Waals surface area contributed by atoms with Crippen molar-refractivity contribution in [2.45, 2.75) is 71.8 Å². The van der Waals surface area contributed by atoms with Crippen molar-refractivity contribution < 1.29 is 0 Å². The molecule has 1 N–H and O–H groups in total. The van der Waals surface area contributed by atoms with Gasteiger partial charge in [-0.3, -0.25) is 4.99 Å². The number of nitrogens with one attached hydrogen (secondary N) is 1. The van der Waals surface area contributed by atoms with Gasteiger partial charge in [0.05, 0.1) is 17.0 Å². The second-order valence-electron chi connectivity index (χ2n) is 6.49. The lowest BCUT2D eigenvalue weighted by molar-refractivity contribution is 0.555. The molecule has 2 rings (SSSR count). The minimum absolute atomic E-state index is 0.0820. The van der Waals surface area contributed by atoms with Crippen LogP contribution in [-0.2, 0) is 0 Å². The molecule has 1 aliphatic carbocycles. The Labute approximate surface area is 129 Å². The van der Waals surface area contributed by atoms with Crippen LogP contribution in [0.15, 0.2) is 39.9 Å². The molecule has 0 spiro atoms. The van der Waals surface area contributed by atoms with Crippen LogP contribution >= 0.6 is 0 Å². The Morgan fingerprint density at radius 2 is 1.90 bits per heavy atom. The van der Waals surface area contributed by atoms with Gasteiger partial charge in [0.25, 0.3) is 0 Å². The van der Waals surface area contributed by atoms with Crippen molar-refractivity contribution in [3.63, 3.8) is 0 Å². The minimum atomic E-state index is -0.0820. The van der Waals surface area contributed by atoms with Gasteiger partial charge in [-0.1, -0.05) is 39.2 Å². The number of unbranched alkanes of at least 4 members (excludes halogenated alkanes) is 3. The predicted molar refractivity (Wildman–Crippen MR) is 92.5 cm³/mol. The van der Waals surface area contributed by atoms with Crippen LogP contribution in [0.1, 0.15) is 66.2 Å². The van der Waals surface area contributed by atoms with Gasteiger partial charge >= 0.3 is 0 Å². The van der Waals surface area contributed by atoms with E-state index in [9.17, 15) is 0 Å². The molecule has 0 bridgehead atoms. The molecule has 114 valence electrons. The third kappa shape index (κ3) is 3.61. The summed E-state index contributed by atoms with van der Waals surface area (Å²) in [6.07, 6.45) is 13.5. The van der Waals surface area contributed by atoms with E-state index in [1.807, 2.05) is 12.2 Å². The Kier molecular flexibility index (Phi) is 4.97. The lowest BCUT2D eigenvalue weighted by Gasteiger charge is -2.32. The molecule has 0 aromatic rings. The molecule has 0 saturated carbocycles. The molecule has 1 unspecified atom stereocenters. The first kappa shape index (κ1) is 15.9. The Morgan fingerprint density at radius 3 is 2.57 bits per heavy atom. The smallest absolute Gasteiger partial charge is 0.0770 e. The van der Waals surface area contributed by atoms with E-state index < -0.39 is 0 Å². The SMILES string of the molecule is CCCCCCC1=CC(C)(CC)N=C2C(C)=CC(=N)C=C12. The molecule has 2 heteroatoms.